The van der Waals surface area contributed by atoms with Crippen LogP contribution in [0.1, 0.15) is 59.3 Å². The third-order valence-electron chi connectivity index (χ3n) is 3.95. The Morgan fingerprint density at radius 1 is 1.19 bits per heavy atom. The van der Waals surface area contributed by atoms with Gasteiger partial charge in [0.05, 0.1) is 6.10 Å². The van der Waals surface area contributed by atoms with Gasteiger partial charge in [0.25, 0.3) is 0 Å². The summed E-state index contributed by atoms with van der Waals surface area (Å²) in [5, 5.41) is 10.0. The number of rotatable bonds is 4. The average Bonchev–Trinajstić information content (AvgIpc) is 2.25. The summed E-state index contributed by atoms with van der Waals surface area (Å²) >= 11 is 0. The van der Waals surface area contributed by atoms with Gasteiger partial charge in [0.15, 0.2) is 0 Å². The number of nitrogens with zero attached hydrogens (tertiary/aromatic N) is 1. The molecule has 0 saturated heterocycles. The highest BCUT2D eigenvalue weighted by atomic mass is 16.3. The lowest BCUT2D eigenvalue weighted by molar-refractivity contribution is 0.0419. The van der Waals surface area contributed by atoms with E-state index in [9.17, 15) is 5.11 Å². The molecule has 1 N–H and O–H groups in total. The second kappa shape index (κ2) is 6.02. The molecule has 1 aliphatic carbocycles. The lowest BCUT2D eigenvalue weighted by atomic mass is 9.87. The first kappa shape index (κ1) is 14.0. The van der Waals surface area contributed by atoms with Crippen LogP contribution < -0.4 is 0 Å². The van der Waals surface area contributed by atoms with Gasteiger partial charge in [0.2, 0.25) is 0 Å². The minimum absolute atomic E-state index is 0.0212. The molecule has 2 nitrogen and oxygen atoms in total. The molecule has 96 valence electrons. The Hall–Kier alpha value is -0.0800. The molecule has 1 aliphatic rings. The third-order valence-corrected chi connectivity index (χ3v) is 3.95. The molecule has 0 aromatic carbocycles. The normalized spacial score (nSPS) is 21.4. The van der Waals surface area contributed by atoms with E-state index in [-0.39, 0.29) is 11.5 Å². The zero-order valence-corrected chi connectivity index (χ0v) is 11.5. The van der Waals surface area contributed by atoms with Crippen LogP contribution >= 0.6 is 0 Å². The molecule has 0 aliphatic heterocycles. The van der Waals surface area contributed by atoms with E-state index in [1.54, 1.807) is 0 Å². The summed E-state index contributed by atoms with van der Waals surface area (Å²) in [5.41, 5.74) is 0.0212. The molecule has 0 radical (unpaired) electrons. The summed E-state index contributed by atoms with van der Waals surface area (Å²) in [4.78, 5) is 2.45. The second-order valence-corrected chi connectivity index (χ2v) is 6.44. The van der Waals surface area contributed by atoms with Gasteiger partial charge >= 0.3 is 0 Å². The van der Waals surface area contributed by atoms with Crippen molar-refractivity contribution in [3.8, 4) is 0 Å². The predicted octanol–water partition coefficient (Wildman–Crippen LogP) is 3.05. The molecule has 0 aromatic rings. The quantitative estimate of drug-likeness (QED) is 0.798. The van der Waals surface area contributed by atoms with Crippen molar-refractivity contribution in [1.82, 2.24) is 4.90 Å². The lowest BCUT2D eigenvalue weighted by Gasteiger charge is -2.33. The Balaban J connectivity index is 2.26. The van der Waals surface area contributed by atoms with Crippen LogP contribution in [0.2, 0.25) is 0 Å². The van der Waals surface area contributed by atoms with E-state index in [4.69, 9.17) is 0 Å². The van der Waals surface area contributed by atoms with Crippen molar-refractivity contribution in [2.75, 3.05) is 13.6 Å². The van der Waals surface area contributed by atoms with Gasteiger partial charge in [-0.15, -0.1) is 0 Å². The standard InChI is InChI=1S/C14H29NO/c1-14(2,3)13(16)10-11-15(4)12-8-6-5-7-9-12/h12-13,16H,5-11H2,1-4H3. The zero-order valence-electron chi connectivity index (χ0n) is 11.5. The maximum absolute atomic E-state index is 10.0. The number of hydrogen-bond donors (Lipinski definition) is 1. The third kappa shape index (κ3) is 4.42. The molecule has 1 fully saturated rings. The monoisotopic (exact) mass is 227 g/mol. The summed E-state index contributed by atoms with van der Waals surface area (Å²) < 4.78 is 0. The van der Waals surface area contributed by atoms with Crippen LogP contribution in [0, 0.1) is 5.41 Å². The van der Waals surface area contributed by atoms with Crippen molar-refractivity contribution in [3.63, 3.8) is 0 Å². The highest BCUT2D eigenvalue weighted by Gasteiger charge is 2.24. The molecule has 0 aromatic heterocycles. The molecule has 0 bridgehead atoms. The van der Waals surface area contributed by atoms with Crippen LogP contribution in [-0.2, 0) is 0 Å². The number of hydrogen-bond acceptors (Lipinski definition) is 2. The number of aliphatic hydroxyl groups is 1. The van der Waals surface area contributed by atoms with Crippen molar-refractivity contribution < 1.29 is 5.11 Å². The smallest absolute Gasteiger partial charge is 0.0600 e. The van der Waals surface area contributed by atoms with E-state index >= 15 is 0 Å². The van der Waals surface area contributed by atoms with Crippen LogP contribution in [0.15, 0.2) is 0 Å². The van der Waals surface area contributed by atoms with Gasteiger partial charge in [-0.2, -0.15) is 0 Å². The summed E-state index contributed by atoms with van der Waals surface area (Å²) in [6.07, 6.45) is 7.60. The fraction of sp³-hybridized carbons (Fsp3) is 1.00. The average molecular weight is 227 g/mol. The Bertz CT molecular complexity index is 191. The summed E-state index contributed by atoms with van der Waals surface area (Å²) in [6, 6.07) is 0.765. The molecule has 16 heavy (non-hydrogen) atoms. The van der Waals surface area contributed by atoms with Gasteiger partial charge in [-0.25, -0.2) is 0 Å². The second-order valence-electron chi connectivity index (χ2n) is 6.44. The van der Waals surface area contributed by atoms with Crippen molar-refractivity contribution in [2.24, 2.45) is 5.41 Å². The van der Waals surface area contributed by atoms with Crippen LogP contribution in [0.3, 0.4) is 0 Å². The molecular weight excluding hydrogens is 198 g/mol. The summed E-state index contributed by atoms with van der Waals surface area (Å²) in [5.74, 6) is 0. The van der Waals surface area contributed by atoms with Crippen LogP contribution in [-0.4, -0.2) is 35.7 Å². The highest BCUT2D eigenvalue weighted by Crippen LogP contribution is 2.24. The van der Waals surface area contributed by atoms with Gasteiger partial charge in [0.1, 0.15) is 0 Å². The first-order valence-electron chi connectivity index (χ1n) is 6.79. The van der Waals surface area contributed by atoms with Crippen LogP contribution in [0.4, 0.5) is 0 Å². The highest BCUT2D eigenvalue weighted by molar-refractivity contribution is 4.77. The Labute approximate surface area is 101 Å². The molecule has 1 rings (SSSR count). The molecule has 0 amide bonds. The maximum Gasteiger partial charge on any atom is 0.0600 e. The topological polar surface area (TPSA) is 23.5 Å². The predicted molar refractivity (Wildman–Crippen MR) is 69.6 cm³/mol. The van der Waals surface area contributed by atoms with Gasteiger partial charge in [-0.3, -0.25) is 0 Å². The largest absolute Gasteiger partial charge is 0.393 e. The zero-order chi connectivity index (χ0) is 12.2. The van der Waals surface area contributed by atoms with Crippen molar-refractivity contribution in [3.05, 3.63) is 0 Å². The van der Waals surface area contributed by atoms with E-state index in [2.05, 4.69) is 32.7 Å². The van der Waals surface area contributed by atoms with Crippen molar-refractivity contribution in [1.29, 1.82) is 0 Å². The summed E-state index contributed by atoms with van der Waals surface area (Å²) in [7, 11) is 2.21. The lowest BCUT2D eigenvalue weighted by Crippen LogP contribution is -2.37. The SMILES string of the molecule is CN(CCC(O)C(C)(C)C)C1CCCCC1. The van der Waals surface area contributed by atoms with Crippen LogP contribution in [0.25, 0.3) is 0 Å². The minimum atomic E-state index is -0.182. The molecule has 2 heteroatoms. The Kier molecular flexibility index (Phi) is 5.26. The van der Waals surface area contributed by atoms with Gasteiger partial charge < -0.3 is 10.0 Å². The number of aliphatic hydroxyl groups excluding tert-OH is 1. The Morgan fingerprint density at radius 2 is 1.75 bits per heavy atom. The van der Waals surface area contributed by atoms with Crippen molar-refractivity contribution in [2.45, 2.75) is 71.4 Å². The van der Waals surface area contributed by atoms with Gasteiger partial charge in [-0.1, -0.05) is 40.0 Å². The maximum atomic E-state index is 10.0. The van der Waals surface area contributed by atoms with Gasteiger partial charge in [0, 0.05) is 12.6 Å². The Morgan fingerprint density at radius 3 is 2.25 bits per heavy atom. The summed E-state index contributed by atoms with van der Waals surface area (Å²) in [6.45, 7) is 7.36. The molecule has 0 spiro atoms. The molecule has 0 heterocycles. The molecule has 1 saturated carbocycles. The first-order valence-corrected chi connectivity index (χ1v) is 6.79. The van der Waals surface area contributed by atoms with E-state index in [0.29, 0.717) is 0 Å². The van der Waals surface area contributed by atoms with Gasteiger partial charge in [-0.05, 0) is 31.7 Å². The van der Waals surface area contributed by atoms with E-state index < -0.39 is 0 Å². The minimum Gasteiger partial charge on any atom is -0.393 e. The van der Waals surface area contributed by atoms with E-state index in [1.807, 2.05) is 0 Å². The van der Waals surface area contributed by atoms with E-state index in [1.165, 1.54) is 32.1 Å². The first-order chi connectivity index (χ1) is 7.41. The molecule has 1 unspecified atom stereocenters. The van der Waals surface area contributed by atoms with Crippen molar-refractivity contribution >= 4 is 0 Å². The fourth-order valence-electron chi connectivity index (χ4n) is 2.46. The molecule has 1 atom stereocenters. The van der Waals surface area contributed by atoms with E-state index in [0.717, 1.165) is 19.0 Å². The fourth-order valence-corrected chi connectivity index (χ4v) is 2.46. The molecular formula is C14H29NO. The van der Waals surface area contributed by atoms with Crippen LogP contribution in [0.5, 0.6) is 0 Å².